The van der Waals surface area contributed by atoms with Crippen LogP contribution in [0.2, 0.25) is 0 Å². The van der Waals surface area contributed by atoms with Gasteiger partial charge in [-0.1, -0.05) is 18.2 Å². The van der Waals surface area contributed by atoms with Crippen LogP contribution in [0.1, 0.15) is 12.0 Å². The Morgan fingerprint density at radius 2 is 1.73 bits per heavy atom. The molecule has 0 radical (unpaired) electrons. The number of halogens is 3. The maximum atomic E-state index is 10.6. The Balaban J connectivity index is 0.00000150. The van der Waals surface area contributed by atoms with Crippen molar-refractivity contribution in [3.8, 4) is 5.75 Å². The molecular formula is C21H31Cl3N4OS. The summed E-state index contributed by atoms with van der Waals surface area (Å²) in [5, 5.41) is 17.4. The molecule has 0 spiro atoms. The minimum atomic E-state index is 0. The highest BCUT2D eigenvalue weighted by molar-refractivity contribution is 7.22. The fourth-order valence-electron chi connectivity index (χ4n) is 3.95. The van der Waals surface area contributed by atoms with Crippen molar-refractivity contribution in [2.24, 2.45) is 7.05 Å². The van der Waals surface area contributed by atoms with Crippen LogP contribution in [0.25, 0.3) is 21.0 Å². The Hall–Kier alpha value is -1.02. The minimum Gasteiger partial charge on any atom is -1.00 e. The largest absolute Gasteiger partial charge is 1.00 e. The molecule has 3 aromatic rings. The first kappa shape index (κ1) is 27.0. The predicted octanol–water partition coefficient (Wildman–Crippen LogP) is 0.790. The number of nitrogens with one attached hydrogen (secondary N) is 1. The second-order valence-corrected chi connectivity index (χ2v) is 8.59. The summed E-state index contributed by atoms with van der Waals surface area (Å²) in [5.41, 5.74) is 2.17. The number of aromatic hydroxyl groups is 1. The number of aromatic nitrogens is 1. The van der Waals surface area contributed by atoms with E-state index in [0.717, 1.165) is 45.7 Å². The van der Waals surface area contributed by atoms with E-state index < -0.39 is 0 Å². The standard InChI is InChI=1S/C21H28N4OS.3ClH/c1-15-19(26)17-8-5-4-7-16(17)18-20(15)27-21(24(18)3)22-9-6-10-25-13-11-23(2)12-14-25;;;/h4-5,7-8,26H,6,9-14H2,1-3H3;3*1H. The molecule has 0 amide bonds. The first-order valence-corrected chi connectivity index (χ1v) is 10.6. The van der Waals surface area contributed by atoms with Crippen LogP contribution in [-0.2, 0) is 7.05 Å². The van der Waals surface area contributed by atoms with Crippen LogP contribution in [0.4, 0.5) is 5.13 Å². The van der Waals surface area contributed by atoms with Gasteiger partial charge in [-0.3, -0.25) is 5.32 Å². The number of phenols is 1. The van der Waals surface area contributed by atoms with Gasteiger partial charge in [0.1, 0.15) is 5.75 Å². The van der Waals surface area contributed by atoms with Crippen molar-refractivity contribution in [1.29, 1.82) is 0 Å². The number of fused-ring (bicyclic) bond motifs is 3. The summed E-state index contributed by atoms with van der Waals surface area (Å²) in [6.07, 6.45) is 1.14. The first-order valence-electron chi connectivity index (χ1n) is 9.74. The molecule has 1 aliphatic rings. The van der Waals surface area contributed by atoms with Crippen LogP contribution in [0.15, 0.2) is 24.3 Å². The summed E-state index contributed by atoms with van der Waals surface area (Å²) >= 11 is 1.74. The summed E-state index contributed by atoms with van der Waals surface area (Å²) in [6.45, 7) is 8.84. The van der Waals surface area contributed by atoms with Crippen LogP contribution >= 0.6 is 36.2 Å². The molecule has 0 unspecified atom stereocenters. The van der Waals surface area contributed by atoms with Crippen molar-refractivity contribution in [1.82, 2.24) is 9.80 Å². The molecule has 2 aromatic carbocycles. The van der Waals surface area contributed by atoms with Crippen molar-refractivity contribution in [3.05, 3.63) is 29.8 Å². The third-order valence-electron chi connectivity index (χ3n) is 5.71. The molecule has 1 aliphatic heterocycles. The molecule has 1 fully saturated rings. The number of rotatable bonds is 5. The summed E-state index contributed by atoms with van der Waals surface area (Å²) in [4.78, 5) is 4.95. The van der Waals surface area contributed by atoms with Gasteiger partial charge in [-0.25, -0.2) is 4.57 Å². The topological polar surface area (TPSA) is 42.6 Å². The monoisotopic (exact) mass is 492 g/mol. The van der Waals surface area contributed by atoms with Crippen molar-refractivity contribution >= 4 is 62.3 Å². The zero-order chi connectivity index (χ0) is 19.0. The number of benzene rings is 2. The Labute approximate surface area is 201 Å². The highest BCUT2D eigenvalue weighted by Gasteiger charge is 2.22. The van der Waals surface area contributed by atoms with Gasteiger partial charge in [0.15, 0.2) is 5.52 Å². The van der Waals surface area contributed by atoms with E-state index in [1.807, 2.05) is 25.1 Å². The number of thiazole rings is 1. The number of piperazine rings is 1. The quantitative estimate of drug-likeness (QED) is 0.407. The molecule has 1 aromatic heterocycles. The van der Waals surface area contributed by atoms with Crippen LogP contribution in [0, 0.1) is 6.92 Å². The summed E-state index contributed by atoms with van der Waals surface area (Å²) in [7, 11) is 4.31. The Kier molecular flexibility index (Phi) is 10.4. The zero-order valence-corrected chi connectivity index (χ0v) is 20.9. The second-order valence-electron chi connectivity index (χ2n) is 7.59. The molecule has 2 heterocycles. The molecule has 30 heavy (non-hydrogen) atoms. The molecule has 0 saturated carbocycles. The summed E-state index contributed by atoms with van der Waals surface area (Å²) < 4.78 is 3.40. The lowest BCUT2D eigenvalue weighted by Gasteiger charge is -2.32. The average Bonchev–Trinajstić information content (AvgIpc) is 3.01. The van der Waals surface area contributed by atoms with E-state index in [1.54, 1.807) is 11.3 Å². The second kappa shape index (κ2) is 11.6. The van der Waals surface area contributed by atoms with Gasteiger partial charge in [0.05, 0.1) is 18.3 Å². The molecule has 0 bridgehead atoms. The van der Waals surface area contributed by atoms with Crippen molar-refractivity contribution in [2.75, 3.05) is 51.6 Å². The van der Waals surface area contributed by atoms with Gasteiger partial charge in [0.25, 0.3) is 0 Å². The fourth-order valence-corrected chi connectivity index (χ4v) is 5.14. The summed E-state index contributed by atoms with van der Waals surface area (Å²) in [5.74, 6) is 0.404. The van der Waals surface area contributed by atoms with Gasteiger partial charge in [-0.2, -0.15) is 0 Å². The number of likely N-dealkylation sites (N-methyl/N-ethyl adjacent to an activating group) is 1. The Bertz CT molecular complexity index is 974. The van der Waals surface area contributed by atoms with E-state index in [4.69, 9.17) is 0 Å². The molecule has 4 rings (SSSR count). The van der Waals surface area contributed by atoms with Gasteiger partial charge in [0.2, 0.25) is 0 Å². The lowest BCUT2D eigenvalue weighted by atomic mass is 10.0. The smallest absolute Gasteiger partial charge is 0.334 e. The Morgan fingerprint density at radius 1 is 1.10 bits per heavy atom. The maximum absolute atomic E-state index is 10.6. The van der Waals surface area contributed by atoms with Gasteiger partial charge in [0, 0.05) is 49.1 Å². The van der Waals surface area contributed by atoms with E-state index in [1.165, 1.54) is 31.7 Å². The SMILES string of the molecule is Cc1c(O)c2ccccc2c2c1sc(NCCCN1CCN(C)CC1)[n+]2C.Cl.Cl.[Cl-]. The minimum absolute atomic E-state index is 0. The Morgan fingerprint density at radius 3 is 2.40 bits per heavy atom. The number of nitrogens with zero attached hydrogens (tertiary/aromatic N) is 3. The molecule has 9 heteroatoms. The normalized spacial score (nSPS) is 14.8. The van der Waals surface area contributed by atoms with Crippen LogP contribution < -0.4 is 22.3 Å². The molecular weight excluding hydrogens is 463 g/mol. The third kappa shape index (κ3) is 5.23. The molecule has 168 valence electrons. The first-order chi connectivity index (χ1) is 13.1. The van der Waals surface area contributed by atoms with Gasteiger partial charge in [-0.05, 0) is 37.8 Å². The lowest BCUT2D eigenvalue weighted by molar-refractivity contribution is -0.625. The van der Waals surface area contributed by atoms with E-state index in [-0.39, 0.29) is 37.2 Å². The molecule has 0 aliphatic carbocycles. The maximum Gasteiger partial charge on any atom is 0.334 e. The highest BCUT2D eigenvalue weighted by Crippen LogP contribution is 2.39. The average molecular weight is 494 g/mol. The molecule has 5 nitrogen and oxygen atoms in total. The summed E-state index contributed by atoms with van der Waals surface area (Å²) in [6, 6.07) is 8.12. The van der Waals surface area contributed by atoms with Crippen LogP contribution in [0.3, 0.4) is 0 Å². The van der Waals surface area contributed by atoms with Gasteiger partial charge < -0.3 is 27.3 Å². The molecule has 2 N–H and O–H groups in total. The van der Waals surface area contributed by atoms with E-state index in [2.05, 4.69) is 39.8 Å². The number of hydrogen-bond acceptors (Lipinski definition) is 5. The van der Waals surface area contributed by atoms with E-state index in [0.29, 0.717) is 5.75 Å². The van der Waals surface area contributed by atoms with Crippen LogP contribution in [-0.4, -0.2) is 61.2 Å². The van der Waals surface area contributed by atoms with Crippen LogP contribution in [0.5, 0.6) is 5.75 Å². The predicted molar refractivity (Wildman–Crippen MR) is 128 cm³/mol. The van der Waals surface area contributed by atoms with Gasteiger partial charge in [-0.15, -0.1) is 24.8 Å². The fraction of sp³-hybridized carbons (Fsp3) is 0.476. The zero-order valence-electron chi connectivity index (χ0n) is 17.7. The van der Waals surface area contributed by atoms with E-state index >= 15 is 0 Å². The molecule has 0 atom stereocenters. The van der Waals surface area contributed by atoms with E-state index in [9.17, 15) is 5.11 Å². The number of anilines is 1. The third-order valence-corrected chi connectivity index (χ3v) is 7.03. The van der Waals surface area contributed by atoms with Gasteiger partial charge >= 0.3 is 5.13 Å². The van der Waals surface area contributed by atoms with Crippen molar-refractivity contribution < 1.29 is 22.1 Å². The van der Waals surface area contributed by atoms with Crippen molar-refractivity contribution in [2.45, 2.75) is 13.3 Å². The number of aryl methyl sites for hydroxylation is 2. The lowest BCUT2D eigenvalue weighted by Crippen LogP contribution is -3.00. The highest BCUT2D eigenvalue weighted by atomic mass is 35.5. The van der Waals surface area contributed by atoms with Crippen molar-refractivity contribution in [3.63, 3.8) is 0 Å². The number of phenolic OH excluding ortho intramolecular Hbond substituents is 1. The molecule has 1 saturated heterocycles. The number of hydrogen-bond donors (Lipinski definition) is 2.